The molecule has 11 heteroatoms. The third-order valence-electron chi connectivity index (χ3n) is 3.70. The molecule has 1 fully saturated rings. The van der Waals surface area contributed by atoms with Crippen LogP contribution >= 0.6 is 0 Å². The van der Waals surface area contributed by atoms with Gasteiger partial charge in [0, 0.05) is 6.92 Å². The van der Waals surface area contributed by atoms with E-state index in [0.717, 1.165) is 0 Å². The van der Waals surface area contributed by atoms with Gasteiger partial charge in [0.25, 0.3) is 0 Å². The Hall–Kier alpha value is -1.79. The van der Waals surface area contributed by atoms with Crippen molar-refractivity contribution in [3.8, 4) is 0 Å². The number of hydrogen-bond acceptors (Lipinski definition) is 8. The van der Waals surface area contributed by atoms with Gasteiger partial charge in [0.05, 0.1) is 6.61 Å². The fourth-order valence-electron chi connectivity index (χ4n) is 2.32. The van der Waals surface area contributed by atoms with Crippen molar-refractivity contribution < 1.29 is 44.3 Å². The van der Waals surface area contributed by atoms with E-state index in [0.29, 0.717) is 0 Å². The van der Waals surface area contributed by atoms with Gasteiger partial charge in [-0.2, -0.15) is 0 Å². The maximum absolute atomic E-state index is 12.0. The maximum atomic E-state index is 12.0. The number of aliphatic hydroxyl groups excluding tert-OH is 3. The largest absolute Gasteiger partial charge is 0.480 e. The monoisotopic (exact) mass is 364 g/mol. The Balaban J connectivity index is 2.88. The summed E-state index contributed by atoms with van der Waals surface area (Å²) in [6.07, 6.45) is -6.69. The van der Waals surface area contributed by atoms with E-state index in [-0.39, 0.29) is 0 Å². The van der Waals surface area contributed by atoms with Crippen LogP contribution in [-0.4, -0.2) is 87.6 Å². The number of carboxylic acid groups (broad SMARTS) is 1. The molecule has 0 bridgehead atoms. The number of carbonyl (C=O) groups is 3. The standard InChI is InChI=1S/C14H24N2O9/c1-5(13(21)22)15-12(20)6(2)24-11-9(16-7(3)18)14(23)25-8(4-17)10(11)19/h5-6,8-11,14,17,19,23H,4H2,1-3H3,(H,15,20)(H,16,18)(H,21,22)/t5-,6?,8+,9+,10+,11+,14-/m0/s1. The van der Waals surface area contributed by atoms with E-state index in [2.05, 4.69) is 10.6 Å². The van der Waals surface area contributed by atoms with Gasteiger partial charge in [-0.3, -0.25) is 14.4 Å². The Kier molecular flexibility index (Phi) is 7.70. The van der Waals surface area contributed by atoms with Crippen LogP contribution in [0.2, 0.25) is 0 Å². The minimum atomic E-state index is -1.58. The summed E-state index contributed by atoms with van der Waals surface area (Å²) < 4.78 is 10.5. The number of carboxylic acids is 1. The third kappa shape index (κ3) is 5.61. The van der Waals surface area contributed by atoms with Gasteiger partial charge in [0.15, 0.2) is 6.29 Å². The van der Waals surface area contributed by atoms with Gasteiger partial charge in [-0.25, -0.2) is 0 Å². The van der Waals surface area contributed by atoms with Crippen molar-refractivity contribution in [3.05, 3.63) is 0 Å². The zero-order chi connectivity index (χ0) is 19.3. The normalized spacial score (nSPS) is 31.7. The maximum Gasteiger partial charge on any atom is 0.325 e. The minimum Gasteiger partial charge on any atom is -0.480 e. The topological polar surface area (TPSA) is 175 Å². The fraction of sp³-hybridized carbons (Fsp3) is 0.786. The Morgan fingerprint density at radius 1 is 1.24 bits per heavy atom. The zero-order valence-electron chi connectivity index (χ0n) is 14.1. The van der Waals surface area contributed by atoms with E-state index in [1.807, 2.05) is 0 Å². The number of aliphatic hydroxyl groups is 3. The predicted molar refractivity (Wildman–Crippen MR) is 81.2 cm³/mol. The summed E-state index contributed by atoms with van der Waals surface area (Å²) >= 11 is 0. The molecular weight excluding hydrogens is 340 g/mol. The predicted octanol–water partition coefficient (Wildman–Crippen LogP) is -3.08. The summed E-state index contributed by atoms with van der Waals surface area (Å²) in [6.45, 7) is 3.14. The molecule has 0 aromatic rings. The molecule has 0 spiro atoms. The van der Waals surface area contributed by atoms with Crippen LogP contribution in [0.1, 0.15) is 20.8 Å². The molecule has 1 unspecified atom stereocenters. The van der Waals surface area contributed by atoms with Gasteiger partial charge in [0.1, 0.15) is 36.5 Å². The van der Waals surface area contributed by atoms with Crippen molar-refractivity contribution in [2.75, 3.05) is 6.61 Å². The molecular formula is C14H24N2O9. The van der Waals surface area contributed by atoms with Gasteiger partial charge < -0.3 is 40.5 Å². The lowest BCUT2D eigenvalue weighted by Gasteiger charge is -2.43. The van der Waals surface area contributed by atoms with Crippen molar-refractivity contribution in [3.63, 3.8) is 0 Å². The molecule has 0 saturated carbocycles. The van der Waals surface area contributed by atoms with Crippen LogP contribution in [0, 0.1) is 0 Å². The highest BCUT2D eigenvalue weighted by Crippen LogP contribution is 2.23. The Morgan fingerprint density at radius 3 is 2.32 bits per heavy atom. The van der Waals surface area contributed by atoms with Gasteiger partial charge >= 0.3 is 5.97 Å². The molecule has 25 heavy (non-hydrogen) atoms. The van der Waals surface area contributed by atoms with E-state index < -0.39 is 67.2 Å². The average Bonchev–Trinajstić information content (AvgIpc) is 2.52. The SMILES string of the molecule is CC(=O)N[C@@H]1[C@@H](OC(C)C(=O)N[C@@H](C)C(=O)O)[C@H](O)[C@@H](CO)O[C@@H]1O. The number of hydrogen-bond donors (Lipinski definition) is 6. The third-order valence-corrected chi connectivity index (χ3v) is 3.70. The molecule has 11 nitrogen and oxygen atoms in total. The molecule has 1 aliphatic rings. The molecule has 1 rings (SSSR count). The number of ether oxygens (including phenoxy) is 2. The highest BCUT2D eigenvalue weighted by atomic mass is 16.6. The van der Waals surface area contributed by atoms with Gasteiger partial charge in [-0.05, 0) is 13.8 Å². The lowest BCUT2D eigenvalue weighted by atomic mass is 9.96. The number of rotatable bonds is 7. The molecule has 1 aliphatic heterocycles. The van der Waals surface area contributed by atoms with Crippen LogP contribution < -0.4 is 10.6 Å². The summed E-state index contributed by atoms with van der Waals surface area (Å²) in [7, 11) is 0. The lowest BCUT2D eigenvalue weighted by molar-refractivity contribution is -0.266. The Labute approximate surface area is 143 Å². The van der Waals surface area contributed by atoms with Gasteiger partial charge in [-0.1, -0.05) is 0 Å². The van der Waals surface area contributed by atoms with E-state index >= 15 is 0 Å². The second-order valence-electron chi connectivity index (χ2n) is 5.78. The van der Waals surface area contributed by atoms with Crippen molar-refractivity contribution in [1.82, 2.24) is 10.6 Å². The van der Waals surface area contributed by atoms with E-state index in [9.17, 15) is 29.7 Å². The summed E-state index contributed by atoms with van der Waals surface area (Å²) in [6, 6.07) is -2.34. The number of aliphatic carboxylic acids is 1. The smallest absolute Gasteiger partial charge is 0.325 e. The second-order valence-corrected chi connectivity index (χ2v) is 5.78. The first-order chi connectivity index (χ1) is 11.6. The van der Waals surface area contributed by atoms with Crippen LogP contribution in [0.5, 0.6) is 0 Å². The second kappa shape index (κ2) is 9.06. The average molecular weight is 364 g/mol. The highest BCUT2D eigenvalue weighted by Gasteiger charge is 2.46. The van der Waals surface area contributed by atoms with Crippen LogP contribution in [0.25, 0.3) is 0 Å². The zero-order valence-corrected chi connectivity index (χ0v) is 14.1. The highest BCUT2D eigenvalue weighted by molar-refractivity contribution is 5.85. The van der Waals surface area contributed by atoms with Crippen molar-refractivity contribution in [2.45, 2.75) is 63.6 Å². The fourth-order valence-corrected chi connectivity index (χ4v) is 2.32. The molecule has 144 valence electrons. The van der Waals surface area contributed by atoms with Gasteiger partial charge in [0.2, 0.25) is 11.8 Å². The summed E-state index contributed by atoms with van der Waals surface area (Å²) in [5.74, 6) is -2.53. The van der Waals surface area contributed by atoms with E-state index in [1.165, 1.54) is 20.8 Å². The molecule has 1 saturated heterocycles. The quantitative estimate of drug-likeness (QED) is 0.274. The van der Waals surface area contributed by atoms with Crippen LogP contribution in [-0.2, 0) is 23.9 Å². The van der Waals surface area contributed by atoms with E-state index in [1.54, 1.807) is 0 Å². The van der Waals surface area contributed by atoms with Crippen molar-refractivity contribution >= 4 is 17.8 Å². The van der Waals surface area contributed by atoms with Crippen LogP contribution in [0.3, 0.4) is 0 Å². The number of nitrogens with one attached hydrogen (secondary N) is 2. The van der Waals surface area contributed by atoms with Crippen LogP contribution in [0.4, 0.5) is 0 Å². The van der Waals surface area contributed by atoms with Crippen LogP contribution in [0.15, 0.2) is 0 Å². The lowest BCUT2D eigenvalue weighted by Crippen LogP contribution is -2.65. The van der Waals surface area contributed by atoms with Crippen molar-refractivity contribution in [2.24, 2.45) is 0 Å². The molecule has 0 aromatic carbocycles. The minimum absolute atomic E-state index is 0.535. The molecule has 6 N–H and O–H groups in total. The molecule has 1 heterocycles. The number of carbonyl (C=O) groups excluding carboxylic acids is 2. The Morgan fingerprint density at radius 2 is 1.84 bits per heavy atom. The van der Waals surface area contributed by atoms with E-state index in [4.69, 9.17) is 14.6 Å². The number of amides is 2. The molecule has 0 aromatic heterocycles. The molecule has 0 aliphatic carbocycles. The summed E-state index contributed by atoms with van der Waals surface area (Å²) in [5, 5.41) is 42.7. The first kappa shape index (κ1) is 21.3. The molecule has 0 radical (unpaired) electrons. The summed E-state index contributed by atoms with van der Waals surface area (Å²) in [5.41, 5.74) is 0. The van der Waals surface area contributed by atoms with Gasteiger partial charge in [-0.15, -0.1) is 0 Å². The van der Waals surface area contributed by atoms with Crippen molar-refractivity contribution in [1.29, 1.82) is 0 Å². The first-order valence-electron chi connectivity index (χ1n) is 7.66. The summed E-state index contributed by atoms with van der Waals surface area (Å²) in [4.78, 5) is 34.1. The first-order valence-corrected chi connectivity index (χ1v) is 7.66. The molecule has 7 atom stereocenters. The molecule has 2 amide bonds. The Bertz CT molecular complexity index is 501.